The Morgan fingerprint density at radius 3 is 2.70 bits per heavy atom. The molecule has 0 atom stereocenters. The first-order valence-corrected chi connectivity index (χ1v) is 11.4. The van der Waals surface area contributed by atoms with Gasteiger partial charge in [0.05, 0.1) is 4.90 Å². The first-order valence-electron chi connectivity index (χ1n) is 9.02. The minimum atomic E-state index is -3.56. The third-order valence-corrected chi connectivity index (χ3v) is 7.96. The van der Waals surface area contributed by atoms with Crippen LogP contribution in [-0.4, -0.2) is 34.2 Å². The first-order chi connectivity index (χ1) is 13.0. The van der Waals surface area contributed by atoms with Gasteiger partial charge in [0.25, 0.3) is 0 Å². The Hall–Kier alpha value is -1.90. The molecule has 0 aliphatic heterocycles. The lowest BCUT2D eigenvalue weighted by molar-refractivity contribution is 0.419. The Balaban J connectivity index is 1.43. The molecule has 6 nitrogen and oxygen atoms in total. The largest absolute Gasteiger partial charge is 0.329 e. The van der Waals surface area contributed by atoms with Gasteiger partial charge < -0.3 is 4.57 Å². The summed E-state index contributed by atoms with van der Waals surface area (Å²) in [6.07, 6.45) is 10.7. The van der Waals surface area contributed by atoms with Crippen molar-refractivity contribution in [2.24, 2.45) is 7.05 Å². The monoisotopic (exact) mass is 402 g/mol. The summed E-state index contributed by atoms with van der Waals surface area (Å²) in [7, 11) is -1.57. The van der Waals surface area contributed by atoms with E-state index in [0.717, 1.165) is 36.2 Å². The van der Waals surface area contributed by atoms with Gasteiger partial charge in [0.15, 0.2) is 5.16 Å². The van der Waals surface area contributed by atoms with Gasteiger partial charge in [0.1, 0.15) is 0 Å². The van der Waals surface area contributed by atoms with Gasteiger partial charge in [-0.2, -0.15) is 0 Å². The Bertz CT molecular complexity index is 1040. The predicted octanol–water partition coefficient (Wildman–Crippen LogP) is 3.35. The zero-order chi connectivity index (χ0) is 18.9. The zero-order valence-electron chi connectivity index (χ0n) is 15.1. The minimum absolute atomic E-state index is 0.0229. The summed E-state index contributed by atoms with van der Waals surface area (Å²) in [4.78, 5) is 8.76. The van der Waals surface area contributed by atoms with Crippen LogP contribution in [-0.2, 0) is 17.1 Å². The summed E-state index contributed by atoms with van der Waals surface area (Å²) < 4.78 is 30.8. The van der Waals surface area contributed by atoms with Crippen molar-refractivity contribution in [1.29, 1.82) is 0 Å². The SMILES string of the molecule is Cn1ccnc1SC1CCC(NS(=O)(=O)c2cccc3cnccc23)CC1. The smallest absolute Gasteiger partial charge is 0.241 e. The van der Waals surface area contributed by atoms with E-state index < -0.39 is 10.0 Å². The van der Waals surface area contributed by atoms with Crippen molar-refractivity contribution >= 4 is 32.6 Å². The molecule has 0 saturated heterocycles. The lowest BCUT2D eigenvalue weighted by atomic mass is 9.96. The summed E-state index contributed by atoms with van der Waals surface area (Å²) in [5, 5.41) is 3.04. The number of benzene rings is 1. The normalized spacial score (nSPS) is 20.8. The predicted molar refractivity (Wildman–Crippen MR) is 107 cm³/mol. The van der Waals surface area contributed by atoms with Crippen LogP contribution in [0.15, 0.2) is 59.1 Å². The quantitative estimate of drug-likeness (QED) is 0.708. The van der Waals surface area contributed by atoms with Gasteiger partial charge in [-0.05, 0) is 37.8 Å². The van der Waals surface area contributed by atoms with E-state index >= 15 is 0 Å². The number of aryl methyl sites for hydroxylation is 1. The Morgan fingerprint density at radius 1 is 1.15 bits per heavy atom. The summed E-state index contributed by atoms with van der Waals surface area (Å²) in [6.45, 7) is 0. The second-order valence-corrected chi connectivity index (χ2v) is 9.84. The van der Waals surface area contributed by atoms with Crippen molar-refractivity contribution in [1.82, 2.24) is 19.3 Å². The molecular weight excluding hydrogens is 380 g/mol. The van der Waals surface area contributed by atoms with Crippen LogP contribution < -0.4 is 4.72 Å². The fourth-order valence-corrected chi connectivity index (χ4v) is 6.21. The minimum Gasteiger partial charge on any atom is -0.329 e. The van der Waals surface area contributed by atoms with E-state index in [1.807, 2.05) is 30.1 Å². The van der Waals surface area contributed by atoms with Crippen LogP contribution in [0.1, 0.15) is 25.7 Å². The molecule has 2 heterocycles. The molecule has 1 N–H and O–H groups in total. The van der Waals surface area contributed by atoms with Gasteiger partial charge in [-0.25, -0.2) is 18.1 Å². The molecule has 0 unspecified atom stereocenters. The number of hydrogen-bond acceptors (Lipinski definition) is 5. The number of nitrogens with one attached hydrogen (secondary N) is 1. The maximum Gasteiger partial charge on any atom is 0.241 e. The highest BCUT2D eigenvalue weighted by molar-refractivity contribution is 7.99. The maximum absolute atomic E-state index is 12.9. The van der Waals surface area contributed by atoms with Crippen molar-refractivity contribution in [3.8, 4) is 0 Å². The zero-order valence-corrected chi connectivity index (χ0v) is 16.7. The second kappa shape index (κ2) is 7.61. The molecule has 0 bridgehead atoms. The van der Waals surface area contributed by atoms with Crippen LogP contribution in [0, 0.1) is 0 Å². The third kappa shape index (κ3) is 4.02. The van der Waals surface area contributed by atoms with Crippen molar-refractivity contribution in [2.45, 2.75) is 47.0 Å². The Kier molecular flexibility index (Phi) is 5.21. The van der Waals surface area contributed by atoms with Crippen LogP contribution in [0.25, 0.3) is 10.8 Å². The average molecular weight is 403 g/mol. The molecule has 1 saturated carbocycles. The topological polar surface area (TPSA) is 76.9 Å². The van der Waals surface area contributed by atoms with Gasteiger partial charge in [-0.3, -0.25) is 4.98 Å². The maximum atomic E-state index is 12.9. The lowest BCUT2D eigenvalue weighted by Crippen LogP contribution is -2.38. The number of pyridine rings is 1. The molecule has 2 aromatic heterocycles. The van der Waals surface area contributed by atoms with Crippen molar-refractivity contribution in [2.75, 3.05) is 0 Å². The molecule has 8 heteroatoms. The highest BCUT2D eigenvalue weighted by Crippen LogP contribution is 2.33. The first kappa shape index (κ1) is 18.5. The summed E-state index contributed by atoms with van der Waals surface area (Å²) in [6, 6.07) is 7.03. The van der Waals surface area contributed by atoms with E-state index in [0.29, 0.717) is 15.5 Å². The van der Waals surface area contributed by atoms with Gasteiger partial charge in [-0.15, -0.1) is 0 Å². The number of hydrogen-bond donors (Lipinski definition) is 1. The number of fused-ring (bicyclic) bond motifs is 1. The standard InChI is InChI=1S/C19H22N4O2S2/c1-23-12-11-21-19(23)26-16-7-5-15(6-8-16)22-27(24,25)18-4-2-3-14-13-20-10-9-17(14)18/h2-4,9-13,15-16,22H,5-8H2,1H3. The molecule has 0 spiro atoms. The number of rotatable bonds is 5. The Labute approximate surface area is 163 Å². The molecule has 3 aromatic rings. The molecule has 27 heavy (non-hydrogen) atoms. The molecule has 4 rings (SSSR count). The molecular formula is C19H22N4O2S2. The van der Waals surface area contributed by atoms with Crippen LogP contribution in [0.3, 0.4) is 0 Å². The van der Waals surface area contributed by atoms with Crippen molar-refractivity contribution in [3.05, 3.63) is 49.1 Å². The Morgan fingerprint density at radius 2 is 1.96 bits per heavy atom. The van der Waals surface area contributed by atoms with Gasteiger partial charge in [0.2, 0.25) is 10.0 Å². The van der Waals surface area contributed by atoms with E-state index in [9.17, 15) is 8.42 Å². The van der Waals surface area contributed by atoms with Crippen LogP contribution in [0.4, 0.5) is 0 Å². The van der Waals surface area contributed by atoms with Crippen molar-refractivity contribution < 1.29 is 8.42 Å². The summed E-state index contributed by atoms with van der Waals surface area (Å²) in [5.41, 5.74) is 0. The molecule has 1 aliphatic rings. The molecule has 1 aromatic carbocycles. The lowest BCUT2D eigenvalue weighted by Gasteiger charge is -2.28. The number of imidazole rings is 1. The van der Waals surface area contributed by atoms with Crippen molar-refractivity contribution in [3.63, 3.8) is 0 Å². The summed E-state index contributed by atoms with van der Waals surface area (Å²) >= 11 is 1.78. The van der Waals surface area contributed by atoms with Gasteiger partial charge in [-0.1, -0.05) is 23.9 Å². The van der Waals surface area contributed by atoms with E-state index in [2.05, 4.69) is 14.7 Å². The molecule has 1 fully saturated rings. The molecule has 0 radical (unpaired) electrons. The fraction of sp³-hybridized carbons (Fsp3) is 0.368. The average Bonchev–Trinajstić information content (AvgIpc) is 3.07. The number of nitrogens with zero attached hydrogens (tertiary/aromatic N) is 3. The molecule has 0 amide bonds. The highest BCUT2D eigenvalue weighted by atomic mass is 32.2. The van der Waals surface area contributed by atoms with E-state index in [1.54, 1.807) is 42.4 Å². The van der Waals surface area contributed by atoms with Crippen LogP contribution in [0.5, 0.6) is 0 Å². The number of sulfonamides is 1. The van der Waals surface area contributed by atoms with E-state index in [4.69, 9.17) is 0 Å². The van der Waals surface area contributed by atoms with Gasteiger partial charge in [0, 0.05) is 53.9 Å². The van der Waals surface area contributed by atoms with E-state index in [1.165, 1.54) is 0 Å². The van der Waals surface area contributed by atoms with Gasteiger partial charge >= 0.3 is 0 Å². The second-order valence-electron chi connectivity index (χ2n) is 6.89. The van der Waals surface area contributed by atoms with Crippen LogP contribution >= 0.6 is 11.8 Å². The van der Waals surface area contributed by atoms with E-state index in [-0.39, 0.29) is 6.04 Å². The fourth-order valence-electron chi connectivity index (χ4n) is 3.52. The number of aromatic nitrogens is 3. The van der Waals surface area contributed by atoms with Crippen LogP contribution in [0.2, 0.25) is 0 Å². The highest BCUT2D eigenvalue weighted by Gasteiger charge is 2.27. The molecule has 1 aliphatic carbocycles. The third-order valence-electron chi connectivity index (χ3n) is 4.98. The number of thioether (sulfide) groups is 1. The summed E-state index contributed by atoms with van der Waals surface area (Å²) in [5.74, 6) is 0. The molecule has 142 valence electrons.